The van der Waals surface area contributed by atoms with Crippen LogP contribution in [0, 0.1) is 37.2 Å². The Labute approximate surface area is 337 Å². The largest absolute Gasteiger partial charge is 0.512 e. The first kappa shape index (κ1) is 45.9. The minimum Gasteiger partial charge on any atom is -0.512 e. The van der Waals surface area contributed by atoms with E-state index in [0.717, 1.165) is 67.6 Å². The first-order valence-corrected chi connectivity index (χ1v) is 19.1. The molecule has 0 bridgehead atoms. The topological polar surface area (TPSA) is 50.2 Å². The van der Waals surface area contributed by atoms with Gasteiger partial charge in [0.1, 0.15) is 0 Å². The van der Waals surface area contributed by atoms with E-state index in [0.29, 0.717) is 26.7 Å². The van der Waals surface area contributed by atoms with Crippen molar-refractivity contribution in [3.05, 3.63) is 101 Å². The zero-order valence-corrected chi connectivity index (χ0v) is 35.6. The summed E-state index contributed by atoms with van der Waals surface area (Å²) in [7, 11) is 0. The summed E-state index contributed by atoms with van der Waals surface area (Å²) in [6, 6.07) is 17.8. The number of aliphatic hydroxyl groups excluding tert-OH is 1. The number of nitrogens with zero attached hydrogens (tertiary/aromatic N) is 1. The van der Waals surface area contributed by atoms with Crippen molar-refractivity contribution in [2.45, 2.75) is 99.8 Å². The van der Waals surface area contributed by atoms with Crippen LogP contribution in [0.2, 0.25) is 0 Å². The number of carbonyl (C=O) groups is 1. The van der Waals surface area contributed by atoms with Gasteiger partial charge in [-0.15, -0.1) is 46.2 Å². The number of hydrogen-bond acceptors (Lipinski definition) is 4. The van der Waals surface area contributed by atoms with E-state index in [-0.39, 0.29) is 65.7 Å². The van der Waals surface area contributed by atoms with Crippen LogP contribution in [-0.4, -0.2) is 22.1 Å². The molecule has 299 valence electrons. The van der Waals surface area contributed by atoms with Crippen molar-refractivity contribution in [1.82, 2.24) is 4.98 Å². The molecule has 2 heterocycles. The summed E-state index contributed by atoms with van der Waals surface area (Å²) >= 11 is 1.04. The van der Waals surface area contributed by atoms with Gasteiger partial charge in [-0.3, -0.25) is 4.79 Å². The molecule has 5 aromatic rings. The van der Waals surface area contributed by atoms with Crippen LogP contribution in [-0.2, 0) is 37.5 Å². The van der Waals surface area contributed by atoms with E-state index in [2.05, 4.69) is 11.1 Å². The number of hydrogen-bond donors (Lipinski definition) is 1. The number of pyridine rings is 1. The number of thiophene rings is 1. The second-order valence-corrected chi connectivity index (χ2v) is 15.5. The van der Waals surface area contributed by atoms with Crippen LogP contribution >= 0.6 is 11.3 Å². The van der Waals surface area contributed by atoms with E-state index in [1.54, 1.807) is 18.3 Å². The summed E-state index contributed by atoms with van der Waals surface area (Å²) in [5.74, 6) is 0.547. The molecule has 55 heavy (non-hydrogen) atoms. The summed E-state index contributed by atoms with van der Waals surface area (Å²) in [6.07, 6.45) is -2.83. The van der Waals surface area contributed by atoms with Crippen LogP contribution in [0.25, 0.3) is 42.6 Å². The number of benzene rings is 3. The maximum atomic E-state index is 14.6. The van der Waals surface area contributed by atoms with Gasteiger partial charge in [0, 0.05) is 64.7 Å². The molecule has 0 atom stereocenters. The van der Waals surface area contributed by atoms with Gasteiger partial charge >= 0.3 is 12.4 Å². The number of halogens is 6. The average molecular weight is 961 g/mol. The van der Waals surface area contributed by atoms with Crippen LogP contribution in [0.3, 0.4) is 0 Å². The average Bonchev–Trinajstić information content (AvgIpc) is 3.47. The molecule has 11 heteroatoms. The van der Waals surface area contributed by atoms with Crippen molar-refractivity contribution in [3.8, 4) is 22.4 Å². The van der Waals surface area contributed by atoms with Crippen LogP contribution in [0.4, 0.5) is 26.3 Å². The van der Waals surface area contributed by atoms with Crippen LogP contribution in [0.1, 0.15) is 89.5 Å². The molecular formula is C44H48F6IrNO2S-. The van der Waals surface area contributed by atoms with E-state index in [1.165, 1.54) is 36.4 Å². The zero-order valence-electron chi connectivity index (χ0n) is 32.4. The van der Waals surface area contributed by atoms with Gasteiger partial charge in [-0.1, -0.05) is 91.8 Å². The minimum absolute atomic E-state index is 0. The molecule has 0 aliphatic rings. The van der Waals surface area contributed by atoms with E-state index in [9.17, 15) is 36.2 Å². The van der Waals surface area contributed by atoms with E-state index >= 15 is 0 Å². The number of aryl methyl sites for hydroxylation is 2. The van der Waals surface area contributed by atoms with Gasteiger partial charge in [0.05, 0.1) is 16.7 Å². The molecule has 3 nitrogen and oxygen atoms in total. The monoisotopic (exact) mass is 961 g/mol. The molecule has 5 rings (SSSR count). The summed E-state index contributed by atoms with van der Waals surface area (Å²) in [6.45, 7) is 14.1. The molecule has 3 aromatic carbocycles. The number of rotatable bonds is 11. The Kier molecular flexibility index (Phi) is 15.5. The third kappa shape index (κ3) is 10.7. The summed E-state index contributed by atoms with van der Waals surface area (Å²) in [5, 5.41) is 10.9. The van der Waals surface area contributed by atoms with Gasteiger partial charge < -0.3 is 10.1 Å². The molecule has 0 saturated heterocycles. The quantitative estimate of drug-likeness (QED) is 0.0621. The van der Waals surface area contributed by atoms with Crippen molar-refractivity contribution < 1.29 is 56.3 Å². The van der Waals surface area contributed by atoms with E-state index in [1.807, 2.05) is 53.7 Å². The zero-order chi connectivity index (χ0) is 40.2. The number of ketones is 1. The van der Waals surface area contributed by atoms with Crippen molar-refractivity contribution in [3.63, 3.8) is 0 Å². The molecule has 0 saturated carbocycles. The number of aromatic nitrogens is 1. The van der Waals surface area contributed by atoms with Crippen LogP contribution in [0.5, 0.6) is 0 Å². The fourth-order valence-corrected chi connectivity index (χ4v) is 8.06. The van der Waals surface area contributed by atoms with Gasteiger partial charge in [0.15, 0.2) is 5.78 Å². The predicted octanol–water partition coefficient (Wildman–Crippen LogP) is 14.2. The first-order chi connectivity index (χ1) is 25.3. The molecule has 0 amide bonds. The Hall–Kier alpha value is -3.53. The van der Waals surface area contributed by atoms with E-state index < -0.39 is 23.3 Å². The number of carbonyl (C=O) groups excluding carboxylic acids is 1. The third-order valence-electron chi connectivity index (χ3n) is 10.0. The molecule has 0 spiro atoms. The Morgan fingerprint density at radius 1 is 0.836 bits per heavy atom. The van der Waals surface area contributed by atoms with Crippen molar-refractivity contribution >= 4 is 37.3 Å². The van der Waals surface area contributed by atoms with Crippen molar-refractivity contribution in [2.75, 3.05) is 0 Å². The van der Waals surface area contributed by atoms with Gasteiger partial charge in [0.2, 0.25) is 0 Å². The smallest absolute Gasteiger partial charge is 0.418 e. The minimum atomic E-state index is -4.66. The molecule has 0 aliphatic carbocycles. The van der Waals surface area contributed by atoms with Gasteiger partial charge in [-0.05, 0) is 60.2 Å². The second kappa shape index (κ2) is 18.6. The van der Waals surface area contributed by atoms with Gasteiger partial charge in [0.25, 0.3) is 0 Å². The third-order valence-corrected chi connectivity index (χ3v) is 11.2. The fraction of sp³-hybridized carbons (Fsp3) is 0.409. The van der Waals surface area contributed by atoms with Crippen LogP contribution < -0.4 is 0 Å². The molecule has 1 N–H and O–H groups in total. The van der Waals surface area contributed by atoms with Gasteiger partial charge in [-0.2, -0.15) is 26.3 Å². The predicted molar refractivity (Wildman–Crippen MR) is 209 cm³/mol. The number of aliphatic hydroxyl groups is 1. The fourth-order valence-electron chi connectivity index (χ4n) is 6.70. The standard InChI is InChI=1S/C31H24F6NS.C13H24O2.Ir/c1-17-13-18(2)15-21(14-17)26-28-24(11-12-38-26)23-10-9-22(25(27(23)39-28)30(32,33)34)20-7-5-19(6-8-20)16-29(3,4)31(35,36)37;1-5-10(6-2)12(14)9-13(15)11(7-3)8-4;/h5-14H,16H2,1-4H3;9-11,14H,5-8H2,1-4H3;/q-1;;/b;12-9-;. The molecule has 1 radical (unpaired) electrons. The Bertz CT molecular complexity index is 2090. The molecule has 0 aliphatic heterocycles. The number of allylic oxidation sites excluding steroid dienone is 2. The number of alkyl halides is 6. The molecule has 0 fully saturated rings. The first-order valence-electron chi connectivity index (χ1n) is 18.3. The van der Waals surface area contributed by atoms with E-state index in [4.69, 9.17) is 0 Å². The molecular weight excluding hydrogens is 913 g/mol. The van der Waals surface area contributed by atoms with Crippen molar-refractivity contribution in [2.24, 2.45) is 17.3 Å². The summed E-state index contributed by atoms with van der Waals surface area (Å²) in [4.78, 5) is 16.2. The molecule has 2 aromatic heterocycles. The maximum absolute atomic E-state index is 14.6. The Morgan fingerprint density at radius 2 is 1.42 bits per heavy atom. The number of fused-ring (bicyclic) bond motifs is 3. The Morgan fingerprint density at radius 3 is 1.95 bits per heavy atom. The summed E-state index contributed by atoms with van der Waals surface area (Å²) < 4.78 is 84.6. The second-order valence-electron chi connectivity index (χ2n) is 14.5. The Balaban J connectivity index is 0.000000433. The van der Waals surface area contributed by atoms with Crippen LogP contribution in [0.15, 0.2) is 72.6 Å². The maximum Gasteiger partial charge on any atom is 0.418 e. The summed E-state index contributed by atoms with van der Waals surface area (Å²) in [5.41, 5.74) is 1.15. The SMILES string of the molecule is CCC(CC)C(=O)/C=C(\O)C(CC)CC.Cc1[c-]c(-c2nccc3c2sc2c(C(F)(F)F)c(-c4ccc(CC(C)(C)C(F)(F)F)cc4)ccc23)cc(C)c1.[Ir]. The van der Waals surface area contributed by atoms with Gasteiger partial charge in [-0.25, -0.2) is 0 Å². The normalized spacial score (nSPS) is 12.6. The molecule has 0 unspecified atom stereocenters. The van der Waals surface area contributed by atoms with Crippen molar-refractivity contribution in [1.29, 1.82) is 0 Å².